The van der Waals surface area contributed by atoms with Gasteiger partial charge in [-0.05, 0) is 66.5 Å². The molecule has 3 heterocycles. The van der Waals surface area contributed by atoms with Crippen molar-refractivity contribution in [3.8, 4) is 0 Å². The molecule has 1 amide bonds. The first-order chi connectivity index (χ1) is 19.2. The van der Waals surface area contributed by atoms with Crippen LogP contribution in [0.2, 0.25) is 5.02 Å². The van der Waals surface area contributed by atoms with Gasteiger partial charge in [-0.25, -0.2) is 9.97 Å². The summed E-state index contributed by atoms with van der Waals surface area (Å²) in [6, 6.07) is 11.9. The van der Waals surface area contributed by atoms with Gasteiger partial charge >= 0.3 is 6.18 Å². The average molecular weight is 572 g/mol. The quantitative estimate of drug-likeness (QED) is 0.221. The summed E-state index contributed by atoms with van der Waals surface area (Å²) in [5, 5.41) is 12.8. The van der Waals surface area contributed by atoms with E-state index in [4.69, 9.17) is 21.5 Å². The molecule has 2 fully saturated rings. The highest BCUT2D eigenvalue weighted by atomic mass is 35.5. The third-order valence-corrected chi connectivity index (χ3v) is 7.13. The second-order valence-corrected chi connectivity index (χ2v) is 10.3. The minimum Gasteiger partial charge on any atom is -0.483 e. The van der Waals surface area contributed by atoms with E-state index in [9.17, 15) is 18.0 Å². The molecule has 0 saturated heterocycles. The molecule has 0 spiro atoms. The summed E-state index contributed by atoms with van der Waals surface area (Å²) < 4.78 is 43.9. The number of alkyl halides is 3. The van der Waals surface area contributed by atoms with Crippen molar-refractivity contribution >= 4 is 41.1 Å². The number of carbonyl (C=O) groups is 2. The zero-order chi connectivity index (χ0) is 28.4. The number of carboxylic acid groups (broad SMARTS) is 1. The molecule has 0 bridgehead atoms. The summed E-state index contributed by atoms with van der Waals surface area (Å²) >= 11 is 6.05. The molecule has 40 heavy (non-hydrogen) atoms. The van der Waals surface area contributed by atoms with Crippen LogP contribution in [0, 0.1) is 5.92 Å². The third-order valence-electron chi connectivity index (χ3n) is 6.89. The van der Waals surface area contributed by atoms with E-state index in [1.165, 1.54) is 24.5 Å². The number of hydrogen-bond acceptors (Lipinski definition) is 5. The van der Waals surface area contributed by atoms with Gasteiger partial charge in [0.05, 0.1) is 5.69 Å². The Labute approximate surface area is 232 Å². The Balaban J connectivity index is 0.00000103. The fourth-order valence-electron chi connectivity index (χ4n) is 4.71. The predicted molar refractivity (Wildman–Crippen MR) is 143 cm³/mol. The lowest BCUT2D eigenvalue weighted by molar-refractivity contribution is -0.144. The molecule has 2 aliphatic rings. The lowest BCUT2D eigenvalue weighted by Gasteiger charge is -2.21. The number of imidazole rings is 1. The van der Waals surface area contributed by atoms with Crippen LogP contribution in [0.1, 0.15) is 54.0 Å². The Morgan fingerprint density at radius 1 is 1.12 bits per heavy atom. The largest absolute Gasteiger partial charge is 0.483 e. The Morgan fingerprint density at radius 3 is 2.60 bits per heavy atom. The molecular weight excluding hydrogens is 547 g/mol. The van der Waals surface area contributed by atoms with E-state index in [0.717, 1.165) is 24.0 Å². The van der Waals surface area contributed by atoms with Gasteiger partial charge in [-0.15, -0.1) is 0 Å². The zero-order valence-electron chi connectivity index (χ0n) is 21.0. The van der Waals surface area contributed by atoms with Gasteiger partial charge in [-0.1, -0.05) is 29.8 Å². The molecule has 2 saturated carbocycles. The monoisotopic (exact) mass is 571 g/mol. The molecule has 3 atom stereocenters. The Hall–Kier alpha value is -4.12. The molecule has 6 rings (SSSR count). The molecule has 3 N–H and O–H groups in total. The normalized spacial score (nSPS) is 18.8. The number of nitrogens with zero attached hydrogens (tertiary/aromatic N) is 3. The van der Waals surface area contributed by atoms with Crippen LogP contribution in [-0.2, 0) is 9.59 Å². The lowest BCUT2D eigenvalue weighted by atomic mass is 10.1. The van der Waals surface area contributed by atoms with E-state index >= 15 is 0 Å². The summed E-state index contributed by atoms with van der Waals surface area (Å²) in [6.45, 7) is -0.250. The Kier molecular flexibility index (Phi) is 7.66. The number of hydrogen-bond donors (Lipinski definition) is 3. The number of fused-ring (bicyclic) bond motifs is 1. The summed E-state index contributed by atoms with van der Waals surface area (Å²) in [5.74, 6) is 0.252. The van der Waals surface area contributed by atoms with E-state index in [0.29, 0.717) is 23.0 Å². The minimum atomic E-state index is -4.60. The van der Waals surface area contributed by atoms with Crippen molar-refractivity contribution in [3.63, 3.8) is 0 Å². The van der Waals surface area contributed by atoms with Crippen LogP contribution in [0.4, 0.5) is 24.7 Å². The molecule has 3 aromatic heterocycles. The highest BCUT2D eigenvalue weighted by molar-refractivity contribution is 6.30. The van der Waals surface area contributed by atoms with E-state index in [2.05, 4.69) is 20.6 Å². The van der Waals surface area contributed by atoms with Crippen molar-refractivity contribution in [2.45, 2.75) is 43.3 Å². The Morgan fingerprint density at radius 2 is 1.90 bits per heavy atom. The number of amides is 1. The highest BCUT2D eigenvalue weighted by Gasteiger charge is 2.44. The smallest absolute Gasteiger partial charge is 0.414 e. The van der Waals surface area contributed by atoms with Crippen LogP contribution in [0.5, 0.6) is 0 Å². The maximum atomic E-state index is 14.1. The molecule has 1 aromatic carbocycles. The topological polar surface area (TPSA) is 109 Å². The fourth-order valence-corrected chi connectivity index (χ4v) is 4.91. The van der Waals surface area contributed by atoms with Crippen LogP contribution in [0.3, 0.4) is 0 Å². The molecule has 2 aliphatic carbocycles. The zero-order valence-corrected chi connectivity index (χ0v) is 21.7. The minimum absolute atomic E-state index is 0.0603. The number of aromatic nitrogens is 3. The number of anilines is 2. The molecule has 12 heteroatoms. The van der Waals surface area contributed by atoms with Crippen molar-refractivity contribution in [3.05, 3.63) is 89.0 Å². The van der Waals surface area contributed by atoms with Gasteiger partial charge in [0.1, 0.15) is 11.5 Å². The van der Waals surface area contributed by atoms with Gasteiger partial charge in [-0.2, -0.15) is 13.2 Å². The van der Waals surface area contributed by atoms with Crippen molar-refractivity contribution in [1.29, 1.82) is 0 Å². The van der Waals surface area contributed by atoms with Crippen molar-refractivity contribution in [2.24, 2.45) is 5.92 Å². The van der Waals surface area contributed by atoms with Crippen molar-refractivity contribution in [2.75, 3.05) is 10.6 Å². The number of nitrogens with one attached hydrogen (secondary N) is 2. The maximum absolute atomic E-state index is 14.1. The van der Waals surface area contributed by atoms with Crippen LogP contribution >= 0.6 is 11.6 Å². The number of benzene rings is 1. The highest BCUT2D eigenvalue weighted by Crippen LogP contribution is 2.48. The average Bonchev–Trinajstić information content (AvgIpc) is 3.83. The summed E-state index contributed by atoms with van der Waals surface area (Å²) in [6.07, 6.45) is 2.91. The van der Waals surface area contributed by atoms with E-state index < -0.39 is 12.2 Å². The van der Waals surface area contributed by atoms with Crippen LogP contribution in [-0.4, -0.2) is 38.0 Å². The fraction of sp³-hybridized carbons (Fsp3) is 0.286. The van der Waals surface area contributed by atoms with Gasteiger partial charge in [0.2, 0.25) is 5.91 Å². The molecule has 4 aromatic rings. The molecule has 0 radical (unpaired) electrons. The molecule has 1 unspecified atom stereocenters. The Bertz CT molecular complexity index is 1540. The first kappa shape index (κ1) is 27.4. The summed E-state index contributed by atoms with van der Waals surface area (Å²) in [7, 11) is 0. The predicted octanol–water partition coefficient (Wildman–Crippen LogP) is 6.42. The molecule has 8 nitrogen and oxygen atoms in total. The van der Waals surface area contributed by atoms with Crippen molar-refractivity contribution in [1.82, 2.24) is 14.4 Å². The third kappa shape index (κ3) is 6.36. The maximum Gasteiger partial charge on any atom is 0.414 e. The SMILES string of the molecule is O=C(Nc1cc(NC(c2cn3cc(C4CC4)ccc3n2)C(F)(F)F)ccn1)[C@H]1C[C@@H]1c1cccc(Cl)c1.O=CO. The van der Waals surface area contributed by atoms with E-state index in [-0.39, 0.29) is 41.4 Å². The lowest BCUT2D eigenvalue weighted by Crippen LogP contribution is -2.28. The van der Waals surface area contributed by atoms with Gasteiger partial charge in [0, 0.05) is 41.3 Å². The number of carbonyl (C=O) groups excluding carboxylic acids is 1. The second-order valence-electron chi connectivity index (χ2n) is 9.82. The molecular formula is C28H25ClF3N5O3. The van der Waals surface area contributed by atoms with Crippen LogP contribution in [0.25, 0.3) is 5.65 Å². The van der Waals surface area contributed by atoms with Crippen LogP contribution < -0.4 is 10.6 Å². The van der Waals surface area contributed by atoms with Crippen molar-refractivity contribution < 1.29 is 27.9 Å². The van der Waals surface area contributed by atoms with E-state index in [1.54, 1.807) is 16.5 Å². The second kappa shape index (κ2) is 11.2. The van der Waals surface area contributed by atoms with Crippen LogP contribution in [0.15, 0.2) is 67.1 Å². The summed E-state index contributed by atoms with van der Waals surface area (Å²) in [4.78, 5) is 29.4. The van der Waals surface area contributed by atoms with Gasteiger partial charge in [-0.3, -0.25) is 9.59 Å². The number of halogens is 4. The molecule has 0 aliphatic heterocycles. The van der Waals surface area contributed by atoms with Gasteiger partial charge in [0.15, 0.2) is 6.04 Å². The first-order valence-electron chi connectivity index (χ1n) is 12.6. The first-order valence-corrected chi connectivity index (χ1v) is 13.0. The van der Waals surface area contributed by atoms with Gasteiger partial charge in [0.25, 0.3) is 6.47 Å². The standard InChI is InChI=1S/C27H23ClF3N5O.CH2O2/c28-18-3-1-2-16(10-18)20-12-21(20)26(37)35-23-11-19(8-9-32-23)33-25(27(29,30)31)22-14-36-13-17(15-4-5-15)6-7-24(36)34-22;2-1-3/h1-3,6-11,13-15,20-21,25H,4-5,12H2,(H2,32,33,35,37);1H,(H,2,3)/t20-,21+,25?;/m1./s1. The summed E-state index contributed by atoms with van der Waals surface area (Å²) in [5.41, 5.74) is 2.59. The number of rotatable bonds is 7. The molecule has 208 valence electrons. The van der Waals surface area contributed by atoms with E-state index in [1.807, 2.05) is 30.5 Å². The number of pyridine rings is 2. The van der Waals surface area contributed by atoms with Gasteiger partial charge < -0.3 is 20.1 Å².